The number of rotatable bonds is 5. The number of nitrogens with zero attached hydrogens (tertiary/aromatic N) is 1. The maximum Gasteiger partial charge on any atom is 0.239 e. The van der Waals surface area contributed by atoms with Crippen molar-refractivity contribution in [2.45, 2.75) is 12.6 Å². The van der Waals surface area contributed by atoms with Gasteiger partial charge in [0, 0.05) is 6.54 Å². The van der Waals surface area contributed by atoms with Gasteiger partial charge in [-0.2, -0.15) is 0 Å². The van der Waals surface area contributed by atoms with Gasteiger partial charge in [-0.15, -0.1) is 0 Å². The molecule has 0 heterocycles. The van der Waals surface area contributed by atoms with Gasteiger partial charge >= 0.3 is 0 Å². The Labute approximate surface area is 117 Å². The summed E-state index contributed by atoms with van der Waals surface area (Å²) >= 11 is 0. The largest absolute Gasteiger partial charge is 0.368 e. The zero-order valence-corrected chi connectivity index (χ0v) is 11.3. The highest BCUT2D eigenvalue weighted by Crippen LogP contribution is 2.21. The summed E-state index contributed by atoms with van der Waals surface area (Å²) in [4.78, 5) is 13.5. The first-order valence-corrected chi connectivity index (χ1v) is 6.37. The SMILES string of the molecule is CN(Cc1cccc(F)c1)[C@H](C(N)=O)c1ccccc1. The molecular formula is C16H17FN2O. The first-order valence-electron chi connectivity index (χ1n) is 6.37. The van der Waals surface area contributed by atoms with Crippen LogP contribution in [0.3, 0.4) is 0 Å². The molecule has 1 atom stereocenters. The molecular weight excluding hydrogens is 255 g/mol. The van der Waals surface area contributed by atoms with Crippen LogP contribution in [0.1, 0.15) is 17.2 Å². The van der Waals surface area contributed by atoms with E-state index < -0.39 is 11.9 Å². The average molecular weight is 272 g/mol. The third kappa shape index (κ3) is 3.42. The molecule has 20 heavy (non-hydrogen) atoms. The van der Waals surface area contributed by atoms with Gasteiger partial charge in [0.15, 0.2) is 0 Å². The predicted octanol–water partition coefficient (Wildman–Crippen LogP) is 2.48. The third-order valence-electron chi connectivity index (χ3n) is 3.15. The lowest BCUT2D eigenvalue weighted by Gasteiger charge is -2.25. The highest BCUT2D eigenvalue weighted by molar-refractivity contribution is 5.81. The summed E-state index contributed by atoms with van der Waals surface area (Å²) in [7, 11) is 1.80. The minimum absolute atomic E-state index is 0.286. The quantitative estimate of drug-likeness (QED) is 0.909. The summed E-state index contributed by atoms with van der Waals surface area (Å²) in [6.07, 6.45) is 0. The van der Waals surface area contributed by atoms with Crippen molar-refractivity contribution in [3.05, 3.63) is 71.5 Å². The fraction of sp³-hybridized carbons (Fsp3) is 0.188. The Morgan fingerprint density at radius 2 is 1.90 bits per heavy atom. The number of halogens is 1. The number of likely N-dealkylation sites (N-methyl/N-ethyl adjacent to an activating group) is 1. The van der Waals surface area contributed by atoms with Crippen molar-refractivity contribution >= 4 is 5.91 Å². The van der Waals surface area contributed by atoms with Gasteiger partial charge in [0.05, 0.1) is 0 Å². The molecule has 2 rings (SSSR count). The summed E-state index contributed by atoms with van der Waals surface area (Å²) in [6.45, 7) is 0.445. The number of amides is 1. The van der Waals surface area contributed by atoms with Gasteiger partial charge < -0.3 is 5.73 Å². The van der Waals surface area contributed by atoms with Gasteiger partial charge in [-0.25, -0.2) is 4.39 Å². The van der Waals surface area contributed by atoms with Crippen LogP contribution in [0.4, 0.5) is 4.39 Å². The van der Waals surface area contributed by atoms with E-state index in [-0.39, 0.29) is 5.82 Å². The molecule has 0 spiro atoms. The second kappa shape index (κ2) is 6.30. The Morgan fingerprint density at radius 1 is 1.20 bits per heavy atom. The maximum atomic E-state index is 13.2. The summed E-state index contributed by atoms with van der Waals surface area (Å²) < 4.78 is 13.2. The van der Waals surface area contributed by atoms with Crippen molar-refractivity contribution in [1.29, 1.82) is 0 Å². The Balaban J connectivity index is 2.20. The minimum atomic E-state index is -0.528. The van der Waals surface area contributed by atoms with Crippen LogP contribution in [0.2, 0.25) is 0 Å². The van der Waals surface area contributed by atoms with Crippen LogP contribution < -0.4 is 5.73 Å². The van der Waals surface area contributed by atoms with Crippen LogP contribution in [-0.2, 0) is 11.3 Å². The zero-order valence-electron chi connectivity index (χ0n) is 11.3. The summed E-state index contributed by atoms with van der Waals surface area (Å²) in [5, 5.41) is 0. The summed E-state index contributed by atoms with van der Waals surface area (Å²) in [5.74, 6) is -0.707. The molecule has 0 bridgehead atoms. The van der Waals surface area contributed by atoms with Crippen molar-refractivity contribution < 1.29 is 9.18 Å². The van der Waals surface area contributed by atoms with Crippen LogP contribution >= 0.6 is 0 Å². The van der Waals surface area contributed by atoms with Crippen molar-refractivity contribution in [3.63, 3.8) is 0 Å². The van der Waals surface area contributed by atoms with Gasteiger partial charge in [-0.1, -0.05) is 42.5 Å². The van der Waals surface area contributed by atoms with E-state index in [9.17, 15) is 9.18 Å². The Morgan fingerprint density at radius 3 is 2.50 bits per heavy atom. The van der Waals surface area contributed by atoms with Crippen molar-refractivity contribution in [2.75, 3.05) is 7.05 Å². The lowest BCUT2D eigenvalue weighted by Crippen LogP contribution is -2.34. The van der Waals surface area contributed by atoms with Crippen LogP contribution in [0.5, 0.6) is 0 Å². The zero-order chi connectivity index (χ0) is 14.5. The topological polar surface area (TPSA) is 46.3 Å². The smallest absolute Gasteiger partial charge is 0.239 e. The van der Waals surface area contributed by atoms with E-state index in [1.54, 1.807) is 13.1 Å². The molecule has 2 aromatic rings. The highest BCUT2D eigenvalue weighted by Gasteiger charge is 2.22. The fourth-order valence-corrected chi connectivity index (χ4v) is 2.29. The molecule has 0 radical (unpaired) electrons. The van der Waals surface area contributed by atoms with E-state index in [2.05, 4.69) is 0 Å². The van der Waals surface area contributed by atoms with Crippen LogP contribution in [-0.4, -0.2) is 17.9 Å². The molecule has 0 aliphatic carbocycles. The fourth-order valence-electron chi connectivity index (χ4n) is 2.29. The number of carbonyl (C=O) groups excluding carboxylic acids is 1. The van der Waals surface area contributed by atoms with Crippen molar-refractivity contribution in [2.24, 2.45) is 5.73 Å². The number of primary amides is 1. The Hall–Kier alpha value is -2.20. The van der Waals surface area contributed by atoms with E-state index in [4.69, 9.17) is 5.73 Å². The molecule has 4 heteroatoms. The predicted molar refractivity (Wildman–Crippen MR) is 76.2 cm³/mol. The van der Waals surface area contributed by atoms with Gasteiger partial charge in [0.1, 0.15) is 11.9 Å². The van der Waals surface area contributed by atoms with Crippen LogP contribution in [0, 0.1) is 5.82 Å². The second-order valence-electron chi connectivity index (χ2n) is 4.76. The monoisotopic (exact) mass is 272 g/mol. The lowest BCUT2D eigenvalue weighted by atomic mass is 10.0. The number of hydrogen-bond acceptors (Lipinski definition) is 2. The second-order valence-corrected chi connectivity index (χ2v) is 4.76. The molecule has 0 aromatic heterocycles. The standard InChI is InChI=1S/C16H17FN2O/c1-19(11-12-6-5-9-14(17)10-12)15(16(18)20)13-7-3-2-4-8-13/h2-10,15H,11H2,1H3,(H2,18,20)/t15-/m0/s1. The number of nitrogens with two attached hydrogens (primary N) is 1. The first-order chi connectivity index (χ1) is 9.58. The van der Waals surface area contributed by atoms with Crippen molar-refractivity contribution in [3.8, 4) is 0 Å². The average Bonchev–Trinajstić information content (AvgIpc) is 2.39. The van der Waals surface area contributed by atoms with E-state index in [0.717, 1.165) is 11.1 Å². The van der Waals surface area contributed by atoms with Crippen LogP contribution in [0.15, 0.2) is 54.6 Å². The van der Waals surface area contributed by atoms with E-state index in [1.807, 2.05) is 41.3 Å². The molecule has 0 unspecified atom stereocenters. The molecule has 0 saturated heterocycles. The summed E-state index contributed by atoms with van der Waals surface area (Å²) in [5.41, 5.74) is 7.13. The van der Waals surface area contributed by atoms with E-state index >= 15 is 0 Å². The molecule has 0 aliphatic heterocycles. The maximum absolute atomic E-state index is 13.2. The van der Waals surface area contributed by atoms with Crippen molar-refractivity contribution in [1.82, 2.24) is 4.90 Å². The van der Waals surface area contributed by atoms with Gasteiger partial charge in [-0.05, 0) is 30.3 Å². The highest BCUT2D eigenvalue weighted by atomic mass is 19.1. The van der Waals surface area contributed by atoms with Crippen LogP contribution in [0.25, 0.3) is 0 Å². The molecule has 1 amide bonds. The van der Waals surface area contributed by atoms with E-state index in [1.165, 1.54) is 12.1 Å². The van der Waals surface area contributed by atoms with Gasteiger partial charge in [0.2, 0.25) is 5.91 Å². The molecule has 3 nitrogen and oxygen atoms in total. The summed E-state index contributed by atoms with van der Waals surface area (Å²) in [6, 6.07) is 15.1. The first kappa shape index (κ1) is 14.2. The molecule has 0 fully saturated rings. The Kier molecular flexibility index (Phi) is 4.48. The number of carbonyl (C=O) groups is 1. The number of benzene rings is 2. The van der Waals surface area contributed by atoms with Gasteiger partial charge in [0.25, 0.3) is 0 Å². The molecule has 0 aliphatic rings. The molecule has 2 N–H and O–H groups in total. The Bertz CT molecular complexity index is 586. The van der Waals surface area contributed by atoms with Gasteiger partial charge in [-0.3, -0.25) is 9.69 Å². The normalized spacial score (nSPS) is 12.3. The molecule has 2 aromatic carbocycles. The molecule has 104 valence electrons. The molecule has 0 saturated carbocycles. The lowest BCUT2D eigenvalue weighted by molar-refractivity contribution is -0.123. The minimum Gasteiger partial charge on any atom is -0.368 e. The number of hydrogen-bond donors (Lipinski definition) is 1. The van der Waals surface area contributed by atoms with E-state index in [0.29, 0.717) is 6.54 Å². The third-order valence-corrected chi connectivity index (χ3v) is 3.15.